The fraction of sp³-hybridized carbons (Fsp3) is 0.0714. The monoisotopic (exact) mass is 318 g/mol. The molecule has 0 unspecified atom stereocenters. The Morgan fingerprint density at radius 2 is 1.82 bits per heavy atom. The van der Waals surface area contributed by atoms with E-state index in [-0.39, 0.29) is 4.90 Å². The maximum Gasteiger partial charge on any atom is 0.255 e. The van der Waals surface area contributed by atoms with E-state index >= 15 is 0 Å². The van der Waals surface area contributed by atoms with Crippen molar-refractivity contribution in [2.24, 2.45) is 5.10 Å². The number of pyridine rings is 1. The van der Waals surface area contributed by atoms with Gasteiger partial charge in [0.15, 0.2) is 0 Å². The average molecular weight is 318 g/mol. The van der Waals surface area contributed by atoms with Gasteiger partial charge in [-0.2, -0.15) is 5.10 Å². The second-order valence-corrected chi connectivity index (χ2v) is 5.98. The second-order valence-electron chi connectivity index (χ2n) is 4.21. The molecule has 0 fully saturated rings. The molecule has 0 aliphatic heterocycles. The van der Waals surface area contributed by atoms with Gasteiger partial charge in [-0.25, -0.2) is 18.6 Å². The van der Waals surface area contributed by atoms with Crippen LogP contribution in [0.15, 0.2) is 64.9 Å². The van der Waals surface area contributed by atoms with Gasteiger partial charge in [-0.3, -0.25) is 9.78 Å². The third-order valence-corrected chi connectivity index (χ3v) is 4.00. The molecule has 1 amide bonds. The third-order valence-electron chi connectivity index (χ3n) is 2.59. The Balaban J connectivity index is 1.84. The first-order valence-electron chi connectivity index (χ1n) is 6.34. The van der Waals surface area contributed by atoms with Crippen LogP contribution in [0.1, 0.15) is 5.56 Å². The molecule has 1 aromatic heterocycles. The Morgan fingerprint density at radius 3 is 2.50 bits per heavy atom. The van der Waals surface area contributed by atoms with Crippen molar-refractivity contribution in [1.29, 1.82) is 0 Å². The number of amides is 1. The fourth-order valence-corrected chi connectivity index (χ4v) is 2.51. The lowest BCUT2D eigenvalue weighted by molar-refractivity contribution is -0.119. The summed E-state index contributed by atoms with van der Waals surface area (Å²) >= 11 is 0. The van der Waals surface area contributed by atoms with Gasteiger partial charge in [-0.05, 0) is 29.8 Å². The van der Waals surface area contributed by atoms with Gasteiger partial charge in [-0.15, -0.1) is 0 Å². The van der Waals surface area contributed by atoms with Crippen molar-refractivity contribution in [2.45, 2.75) is 4.90 Å². The number of rotatable bonds is 6. The molecule has 8 heteroatoms. The minimum absolute atomic E-state index is 0.100. The topological polar surface area (TPSA) is 101 Å². The number of hydrogen-bond acceptors (Lipinski definition) is 5. The van der Waals surface area contributed by atoms with E-state index in [1.807, 2.05) is 0 Å². The van der Waals surface area contributed by atoms with E-state index in [9.17, 15) is 13.2 Å². The molecule has 0 radical (unpaired) electrons. The van der Waals surface area contributed by atoms with Crippen molar-refractivity contribution in [3.8, 4) is 0 Å². The Hall–Kier alpha value is -2.58. The smallest absolute Gasteiger partial charge is 0.255 e. The number of carbonyl (C=O) groups is 1. The van der Waals surface area contributed by atoms with Crippen LogP contribution in [0.4, 0.5) is 0 Å². The van der Waals surface area contributed by atoms with E-state index in [1.165, 1.54) is 18.3 Å². The highest BCUT2D eigenvalue weighted by Crippen LogP contribution is 2.06. The van der Waals surface area contributed by atoms with Gasteiger partial charge in [0.2, 0.25) is 10.0 Å². The molecule has 2 rings (SSSR count). The number of aromatic nitrogens is 1. The van der Waals surface area contributed by atoms with Crippen LogP contribution in [0.3, 0.4) is 0 Å². The zero-order valence-corrected chi connectivity index (χ0v) is 12.3. The summed E-state index contributed by atoms with van der Waals surface area (Å²) in [5, 5.41) is 3.73. The summed E-state index contributed by atoms with van der Waals surface area (Å²) in [7, 11) is -3.70. The predicted octanol–water partition coefficient (Wildman–Crippen LogP) is 0.510. The molecule has 7 nitrogen and oxygen atoms in total. The van der Waals surface area contributed by atoms with Crippen molar-refractivity contribution in [3.05, 3.63) is 60.4 Å². The zero-order chi connectivity index (χ0) is 15.8. The quantitative estimate of drug-likeness (QED) is 0.598. The van der Waals surface area contributed by atoms with Crippen LogP contribution in [0, 0.1) is 0 Å². The molecular weight excluding hydrogens is 304 g/mol. The summed E-state index contributed by atoms with van der Waals surface area (Å²) in [6.45, 7) is -0.398. The number of hydrazone groups is 1. The minimum atomic E-state index is -3.70. The van der Waals surface area contributed by atoms with E-state index < -0.39 is 22.5 Å². The lowest BCUT2D eigenvalue weighted by Gasteiger charge is -2.05. The van der Waals surface area contributed by atoms with Crippen molar-refractivity contribution in [3.63, 3.8) is 0 Å². The van der Waals surface area contributed by atoms with Crippen LogP contribution in [0.25, 0.3) is 0 Å². The van der Waals surface area contributed by atoms with Gasteiger partial charge < -0.3 is 0 Å². The summed E-state index contributed by atoms with van der Waals surface area (Å²) in [5.74, 6) is -0.565. The first kappa shape index (κ1) is 15.8. The minimum Gasteiger partial charge on any atom is -0.272 e. The van der Waals surface area contributed by atoms with Crippen molar-refractivity contribution in [1.82, 2.24) is 15.1 Å². The molecule has 1 aromatic carbocycles. The largest absolute Gasteiger partial charge is 0.272 e. The van der Waals surface area contributed by atoms with Crippen LogP contribution in [0.5, 0.6) is 0 Å². The third kappa shape index (κ3) is 4.76. The molecule has 0 bridgehead atoms. The predicted molar refractivity (Wildman–Crippen MR) is 81.6 cm³/mol. The van der Waals surface area contributed by atoms with E-state index in [0.29, 0.717) is 0 Å². The highest BCUT2D eigenvalue weighted by atomic mass is 32.2. The molecule has 0 spiro atoms. The Labute approximate surface area is 128 Å². The molecule has 2 aromatic rings. The van der Waals surface area contributed by atoms with Gasteiger partial charge in [0.1, 0.15) is 0 Å². The molecule has 2 N–H and O–H groups in total. The second kappa shape index (κ2) is 7.43. The summed E-state index contributed by atoms with van der Waals surface area (Å²) in [6.07, 6.45) is 4.62. The van der Waals surface area contributed by atoms with Crippen LogP contribution in [0.2, 0.25) is 0 Å². The average Bonchev–Trinajstić information content (AvgIpc) is 2.55. The standard InChI is InChI=1S/C14H14N4O3S/c19-14(18-16-10-12-6-8-15-9-7-12)11-17-22(20,21)13-4-2-1-3-5-13/h1-10,17H,11H2,(H,18,19). The molecule has 0 atom stereocenters. The summed E-state index contributed by atoms with van der Waals surface area (Å²) in [6, 6.07) is 11.2. The fourth-order valence-electron chi connectivity index (χ4n) is 1.51. The maximum absolute atomic E-state index is 11.9. The number of carbonyl (C=O) groups excluding carboxylic acids is 1. The molecule has 0 aliphatic carbocycles. The van der Waals surface area contributed by atoms with Crippen molar-refractivity contribution < 1.29 is 13.2 Å². The SMILES string of the molecule is O=C(CNS(=O)(=O)c1ccccc1)NN=Cc1ccncc1. The number of nitrogens with one attached hydrogen (secondary N) is 2. The lowest BCUT2D eigenvalue weighted by Crippen LogP contribution is -2.34. The highest BCUT2D eigenvalue weighted by Gasteiger charge is 2.14. The van der Waals surface area contributed by atoms with E-state index in [2.05, 4.69) is 20.2 Å². The molecule has 0 aliphatic rings. The van der Waals surface area contributed by atoms with Crippen LogP contribution >= 0.6 is 0 Å². The van der Waals surface area contributed by atoms with Gasteiger partial charge in [0.05, 0.1) is 17.7 Å². The molecular formula is C14H14N4O3S. The van der Waals surface area contributed by atoms with Crippen LogP contribution in [-0.4, -0.2) is 32.1 Å². The van der Waals surface area contributed by atoms with Crippen molar-refractivity contribution in [2.75, 3.05) is 6.54 Å². The molecule has 114 valence electrons. The zero-order valence-electron chi connectivity index (χ0n) is 11.5. The molecule has 1 heterocycles. The molecule has 0 saturated heterocycles. The van der Waals surface area contributed by atoms with E-state index in [4.69, 9.17) is 0 Å². The Bertz CT molecular complexity index is 746. The van der Waals surface area contributed by atoms with Gasteiger partial charge in [0.25, 0.3) is 5.91 Å². The normalized spacial score (nSPS) is 11.5. The van der Waals surface area contributed by atoms with Crippen molar-refractivity contribution >= 4 is 22.1 Å². The number of nitrogens with zero attached hydrogens (tertiary/aromatic N) is 2. The molecule has 0 saturated carbocycles. The number of hydrogen-bond donors (Lipinski definition) is 2. The Kier molecular flexibility index (Phi) is 5.34. The summed E-state index contributed by atoms with van der Waals surface area (Å²) in [5.41, 5.74) is 3.00. The highest BCUT2D eigenvalue weighted by molar-refractivity contribution is 7.89. The van der Waals surface area contributed by atoms with E-state index in [1.54, 1.807) is 42.7 Å². The Morgan fingerprint density at radius 1 is 1.14 bits per heavy atom. The lowest BCUT2D eigenvalue weighted by atomic mass is 10.3. The van der Waals surface area contributed by atoms with E-state index in [0.717, 1.165) is 5.56 Å². The first-order valence-corrected chi connectivity index (χ1v) is 7.83. The number of sulfonamides is 1. The van der Waals surface area contributed by atoms with Gasteiger partial charge in [0, 0.05) is 12.4 Å². The summed E-state index contributed by atoms with van der Waals surface area (Å²) in [4.78, 5) is 15.5. The van der Waals surface area contributed by atoms with Gasteiger partial charge in [-0.1, -0.05) is 18.2 Å². The maximum atomic E-state index is 11.9. The number of benzene rings is 1. The van der Waals surface area contributed by atoms with Crippen LogP contribution in [-0.2, 0) is 14.8 Å². The van der Waals surface area contributed by atoms with Crippen LogP contribution < -0.4 is 10.1 Å². The van der Waals surface area contributed by atoms with Gasteiger partial charge >= 0.3 is 0 Å². The first-order chi connectivity index (χ1) is 10.6. The summed E-state index contributed by atoms with van der Waals surface area (Å²) < 4.78 is 26.0. The molecule has 22 heavy (non-hydrogen) atoms.